The van der Waals surface area contributed by atoms with Crippen LogP contribution in [0.5, 0.6) is 0 Å². The Bertz CT molecular complexity index is 1340. The smallest absolute Gasteiger partial charge is 0.352 e. The van der Waals surface area contributed by atoms with Gasteiger partial charge >= 0.3 is 5.97 Å². The fourth-order valence-electron chi connectivity index (χ4n) is 8.68. The molecule has 4 aliphatic carbocycles. The lowest BCUT2D eigenvalue weighted by Crippen LogP contribution is -2.70. The van der Waals surface area contributed by atoms with Crippen molar-refractivity contribution in [3.8, 4) is 12.1 Å². The molecule has 0 spiro atoms. The summed E-state index contributed by atoms with van der Waals surface area (Å²) in [5.74, 6) is -1.39. The Morgan fingerprint density at radius 2 is 2.05 bits per heavy atom. The number of nitrogens with one attached hydrogen (secondary N) is 2. The van der Waals surface area contributed by atoms with Gasteiger partial charge in [0.1, 0.15) is 5.54 Å². The van der Waals surface area contributed by atoms with Gasteiger partial charge in [-0.15, -0.1) is 0 Å². The van der Waals surface area contributed by atoms with Crippen molar-refractivity contribution in [2.45, 2.75) is 74.9 Å². The lowest BCUT2D eigenvalue weighted by Gasteiger charge is -2.53. The summed E-state index contributed by atoms with van der Waals surface area (Å²) in [5.41, 5.74) is 17.8. The molecule has 8 N–H and O–H groups in total. The maximum absolute atomic E-state index is 13.7. The quantitative estimate of drug-likeness (QED) is 0.268. The van der Waals surface area contributed by atoms with Gasteiger partial charge in [-0.1, -0.05) is 6.07 Å². The normalized spacial score (nSPS) is 41.7. The van der Waals surface area contributed by atoms with Crippen LogP contribution in [0.15, 0.2) is 23.3 Å². The average molecular weight is 532 g/mol. The van der Waals surface area contributed by atoms with Gasteiger partial charge in [0.15, 0.2) is 11.8 Å². The van der Waals surface area contributed by atoms with E-state index in [1.807, 2.05) is 6.07 Å². The summed E-state index contributed by atoms with van der Waals surface area (Å²) in [7, 11) is 0. The number of carbonyl (C=O) groups excluding carboxylic acids is 2. The maximum Gasteiger partial charge on any atom is 0.352 e. The van der Waals surface area contributed by atoms with Crippen LogP contribution < -0.4 is 28.0 Å². The molecular formula is C27H33N9O3. The van der Waals surface area contributed by atoms with Gasteiger partial charge in [0.05, 0.1) is 34.5 Å². The monoisotopic (exact) mass is 531 g/mol. The summed E-state index contributed by atoms with van der Waals surface area (Å²) >= 11 is 0. The molecule has 8 atom stereocenters. The molecule has 39 heavy (non-hydrogen) atoms. The number of aromatic nitrogens is 1. The summed E-state index contributed by atoms with van der Waals surface area (Å²) in [6, 6.07) is 8.32. The number of rotatable bonds is 5. The van der Waals surface area contributed by atoms with E-state index in [1.165, 1.54) is 0 Å². The highest BCUT2D eigenvalue weighted by Crippen LogP contribution is 2.69. The van der Waals surface area contributed by atoms with Gasteiger partial charge in [-0.2, -0.15) is 10.5 Å². The van der Waals surface area contributed by atoms with Crippen molar-refractivity contribution in [2.75, 3.05) is 5.48 Å². The zero-order valence-electron chi connectivity index (χ0n) is 21.7. The van der Waals surface area contributed by atoms with Gasteiger partial charge < -0.3 is 27.4 Å². The molecule has 4 fully saturated rings. The van der Waals surface area contributed by atoms with E-state index in [0.29, 0.717) is 30.7 Å². The minimum Gasteiger partial charge on any atom is -0.370 e. The molecule has 6 aliphatic rings. The third-order valence-electron chi connectivity index (χ3n) is 10.3. The number of nitrogens with zero attached hydrogens (tertiary/aromatic N) is 4. The second-order valence-electron chi connectivity index (χ2n) is 12.2. The molecule has 204 valence electrons. The number of primary amides is 1. The number of amides is 1. The molecule has 6 bridgehead atoms. The van der Waals surface area contributed by atoms with Crippen LogP contribution in [-0.2, 0) is 20.0 Å². The van der Waals surface area contributed by atoms with Gasteiger partial charge in [-0.3, -0.25) is 4.79 Å². The number of anilines is 1. The van der Waals surface area contributed by atoms with Crippen LogP contribution in [0.1, 0.15) is 63.4 Å². The van der Waals surface area contributed by atoms with E-state index < -0.39 is 39.7 Å². The van der Waals surface area contributed by atoms with Crippen molar-refractivity contribution >= 4 is 23.7 Å². The minimum atomic E-state index is -1.69. The molecule has 1 amide bonds. The Morgan fingerprint density at radius 3 is 2.72 bits per heavy atom. The maximum atomic E-state index is 13.7. The molecule has 3 heterocycles. The first-order valence-electron chi connectivity index (χ1n) is 13.6. The van der Waals surface area contributed by atoms with Crippen LogP contribution in [0.25, 0.3) is 0 Å². The number of fused-ring (bicyclic) bond motifs is 9. The van der Waals surface area contributed by atoms with E-state index in [0.717, 1.165) is 25.7 Å². The topological polar surface area (TPSA) is 218 Å². The fourth-order valence-corrected chi connectivity index (χ4v) is 8.68. The Labute approximate surface area is 226 Å². The molecule has 0 saturated heterocycles. The number of nitrogens with two attached hydrogens (primary N) is 3. The predicted molar refractivity (Wildman–Crippen MR) is 138 cm³/mol. The number of nitriles is 2. The van der Waals surface area contributed by atoms with Gasteiger partial charge in [0.2, 0.25) is 5.91 Å². The summed E-state index contributed by atoms with van der Waals surface area (Å²) in [5, 5.41) is 24.2. The van der Waals surface area contributed by atoms with Crippen molar-refractivity contribution in [1.82, 2.24) is 10.3 Å². The molecule has 2 aliphatic heterocycles. The zero-order chi connectivity index (χ0) is 27.6. The highest BCUT2D eigenvalue weighted by molar-refractivity contribution is 5.85. The van der Waals surface area contributed by atoms with E-state index >= 15 is 0 Å². The van der Waals surface area contributed by atoms with Crippen LogP contribution in [0.2, 0.25) is 0 Å². The average Bonchev–Trinajstić information content (AvgIpc) is 3.69. The number of guanidine groups is 1. The number of aliphatic imine (C=N–C) groups is 1. The van der Waals surface area contributed by atoms with Crippen molar-refractivity contribution in [2.24, 2.45) is 50.8 Å². The number of hydrogen-bond donors (Lipinski definition) is 5. The lowest BCUT2D eigenvalue weighted by atomic mass is 9.56. The van der Waals surface area contributed by atoms with Crippen LogP contribution in [0.3, 0.4) is 0 Å². The number of carbonyl (C=O) groups is 2. The number of hydrogen-bond acceptors (Lipinski definition) is 9. The molecule has 7 rings (SSSR count). The molecule has 1 aromatic heterocycles. The highest BCUT2D eigenvalue weighted by atomic mass is 16.7. The third kappa shape index (κ3) is 3.44. The van der Waals surface area contributed by atoms with E-state index in [2.05, 4.69) is 27.9 Å². The van der Waals surface area contributed by atoms with Gasteiger partial charge in [-0.05, 0) is 74.8 Å². The Kier molecular flexibility index (Phi) is 5.57. The third-order valence-corrected chi connectivity index (χ3v) is 10.3. The van der Waals surface area contributed by atoms with Crippen molar-refractivity contribution in [3.05, 3.63) is 23.9 Å². The second kappa shape index (κ2) is 8.55. The Morgan fingerprint density at radius 1 is 1.23 bits per heavy atom. The van der Waals surface area contributed by atoms with Crippen molar-refractivity contribution < 1.29 is 14.4 Å². The summed E-state index contributed by atoms with van der Waals surface area (Å²) < 4.78 is 0. The molecule has 1 aromatic rings. The largest absolute Gasteiger partial charge is 0.370 e. The van der Waals surface area contributed by atoms with Crippen LogP contribution >= 0.6 is 0 Å². The molecule has 7 unspecified atom stereocenters. The van der Waals surface area contributed by atoms with Gasteiger partial charge in [-0.25, -0.2) is 20.3 Å². The molecule has 0 aromatic carbocycles. The summed E-state index contributed by atoms with van der Waals surface area (Å²) in [4.78, 5) is 40.2. The fraction of sp³-hybridized carbons (Fsp3) is 0.630. The summed E-state index contributed by atoms with van der Waals surface area (Å²) in [6.07, 6.45) is 6.52. The Balaban J connectivity index is 1.52. The Hall–Kier alpha value is -3.90. The number of pyridine rings is 1. The molecule has 0 radical (unpaired) electrons. The molecule has 4 saturated carbocycles. The van der Waals surface area contributed by atoms with E-state index in [1.54, 1.807) is 12.3 Å². The zero-order valence-corrected chi connectivity index (χ0v) is 21.7. The van der Waals surface area contributed by atoms with Crippen molar-refractivity contribution in [1.29, 1.82) is 10.5 Å². The first kappa shape index (κ1) is 25.4. The molecule has 12 nitrogen and oxygen atoms in total. The second-order valence-corrected chi connectivity index (χ2v) is 12.2. The standard InChI is InChI=1S/C27H33N9O3/c28-13-24-6-3-15(10-24)9-18(24)34-23(31)35-27-17-1-2-20(33-12-17)36-39-22(38)26(32,8-5-19(30)37)21(27)16-4-7-25(27,11-16)14-29/h1-2,12,15-16,18,21H,3-11,32H2,(H2,30,37)(H,33,36)(H3,31,34,35)/t15?,16?,18?,21?,24?,25?,26-,27?/m1/s1. The lowest BCUT2D eigenvalue weighted by molar-refractivity contribution is -0.153. The van der Waals surface area contributed by atoms with Crippen molar-refractivity contribution in [3.63, 3.8) is 0 Å². The SMILES string of the molecule is N#CC12CCC(CC1N=C(N)NC13c4ccc(nc4)NOC(=O)[C@@](N)(CCC(N)=O)C1C1CCC3(C#N)C1)C2. The molecular weight excluding hydrogens is 498 g/mol. The van der Waals surface area contributed by atoms with Gasteiger partial charge in [0.25, 0.3) is 0 Å². The van der Waals surface area contributed by atoms with E-state index in [-0.39, 0.29) is 36.6 Å². The van der Waals surface area contributed by atoms with Crippen LogP contribution in [0.4, 0.5) is 5.82 Å². The summed E-state index contributed by atoms with van der Waals surface area (Å²) in [6.45, 7) is 0. The molecule has 12 heteroatoms. The van der Waals surface area contributed by atoms with E-state index in [4.69, 9.17) is 27.0 Å². The minimum absolute atomic E-state index is 0.0721. The van der Waals surface area contributed by atoms with E-state index in [9.17, 15) is 20.1 Å². The first-order chi connectivity index (χ1) is 18.6. The predicted octanol–water partition coefficient (Wildman–Crippen LogP) is 1.05. The highest BCUT2D eigenvalue weighted by Gasteiger charge is 2.74. The first-order valence-corrected chi connectivity index (χ1v) is 13.6. The van der Waals surface area contributed by atoms with Crippen LogP contribution in [0, 0.1) is 51.2 Å². The van der Waals surface area contributed by atoms with Crippen LogP contribution in [-0.4, -0.2) is 34.4 Å². The van der Waals surface area contributed by atoms with Gasteiger partial charge in [0, 0.05) is 18.5 Å².